The average Bonchev–Trinajstić information content (AvgIpc) is 3.49. The predicted octanol–water partition coefficient (Wildman–Crippen LogP) is 6.32. The van der Waals surface area contributed by atoms with Crippen molar-refractivity contribution in [3.63, 3.8) is 0 Å². The lowest BCUT2D eigenvalue weighted by Crippen LogP contribution is -2.14. The van der Waals surface area contributed by atoms with Crippen LogP contribution in [-0.2, 0) is 22.3 Å². The van der Waals surface area contributed by atoms with E-state index in [0.29, 0.717) is 39.6 Å². The molecule has 36 heavy (non-hydrogen) atoms. The average molecular weight is 479 g/mol. The van der Waals surface area contributed by atoms with Crippen LogP contribution in [0.5, 0.6) is 11.5 Å². The first-order valence-corrected chi connectivity index (χ1v) is 12.7. The van der Waals surface area contributed by atoms with Crippen LogP contribution >= 0.6 is 0 Å². The molecule has 4 aromatic rings. The van der Waals surface area contributed by atoms with Crippen molar-refractivity contribution in [2.45, 2.75) is 12.8 Å². The van der Waals surface area contributed by atoms with Gasteiger partial charge in [0, 0.05) is 24.0 Å². The molecule has 0 fully saturated rings. The fourth-order valence-corrected chi connectivity index (χ4v) is 5.27. The molecule has 4 heteroatoms. The second kappa shape index (κ2) is 10.6. The molecular formula is C32H30O4. The summed E-state index contributed by atoms with van der Waals surface area (Å²) in [6.45, 7) is 3.20. The molecule has 4 nitrogen and oxygen atoms in total. The summed E-state index contributed by atoms with van der Waals surface area (Å²) in [6, 6.07) is 29.7. The molecule has 0 heterocycles. The monoisotopic (exact) mass is 478 g/mol. The molecule has 0 spiro atoms. The van der Waals surface area contributed by atoms with Crippen molar-refractivity contribution in [1.82, 2.24) is 0 Å². The van der Waals surface area contributed by atoms with Crippen molar-refractivity contribution in [3.8, 4) is 33.8 Å². The normalized spacial score (nSPS) is 12.6. The summed E-state index contributed by atoms with van der Waals surface area (Å²) in [6.07, 6.45) is 1.86. The minimum absolute atomic E-state index is 0.525. The molecule has 0 unspecified atom stereocenters. The number of hydrogen-bond donors (Lipinski definition) is 0. The summed E-state index contributed by atoms with van der Waals surface area (Å²) < 4.78 is 23.5. The summed E-state index contributed by atoms with van der Waals surface area (Å²) in [7, 11) is 0. The van der Waals surface area contributed by atoms with Crippen LogP contribution in [0.1, 0.15) is 22.3 Å². The van der Waals surface area contributed by atoms with Gasteiger partial charge in [-0.1, -0.05) is 72.8 Å². The van der Waals surface area contributed by atoms with E-state index in [1.54, 1.807) is 0 Å². The minimum atomic E-state index is 0.525. The molecule has 182 valence electrons. The van der Waals surface area contributed by atoms with Crippen LogP contribution in [0.3, 0.4) is 0 Å². The first-order chi connectivity index (χ1) is 17.9. The second-order valence-electron chi connectivity index (χ2n) is 9.15. The molecule has 0 saturated heterocycles. The van der Waals surface area contributed by atoms with Gasteiger partial charge in [0.2, 0.25) is 0 Å². The van der Waals surface area contributed by atoms with Gasteiger partial charge in [0.25, 0.3) is 0 Å². The molecule has 0 saturated carbocycles. The fraction of sp³-hybridized carbons (Fsp3) is 0.250. The summed E-state index contributed by atoms with van der Waals surface area (Å²) in [5.41, 5.74) is 10.5. The van der Waals surface area contributed by atoms with E-state index < -0.39 is 0 Å². The summed E-state index contributed by atoms with van der Waals surface area (Å²) in [4.78, 5) is 0. The predicted molar refractivity (Wildman–Crippen MR) is 142 cm³/mol. The van der Waals surface area contributed by atoms with Gasteiger partial charge >= 0.3 is 0 Å². The Morgan fingerprint density at radius 3 is 1.33 bits per heavy atom. The van der Waals surface area contributed by atoms with E-state index in [2.05, 4.69) is 84.9 Å². The van der Waals surface area contributed by atoms with Crippen molar-refractivity contribution in [1.29, 1.82) is 0 Å². The van der Waals surface area contributed by atoms with Gasteiger partial charge in [0.1, 0.15) is 24.7 Å². The molecule has 2 aliphatic carbocycles. The smallest absolute Gasteiger partial charge is 0.123 e. The Labute approximate surface area is 212 Å². The van der Waals surface area contributed by atoms with Crippen LogP contribution in [0.25, 0.3) is 22.3 Å². The summed E-state index contributed by atoms with van der Waals surface area (Å²) in [5.74, 6) is 1.91. The Hall–Kier alpha value is -3.60. The van der Waals surface area contributed by atoms with Gasteiger partial charge in [-0.05, 0) is 45.5 Å². The van der Waals surface area contributed by atoms with E-state index in [4.69, 9.17) is 18.9 Å². The van der Waals surface area contributed by atoms with Crippen LogP contribution in [0, 0.1) is 0 Å². The van der Waals surface area contributed by atoms with Crippen molar-refractivity contribution in [2.75, 3.05) is 39.6 Å². The Balaban J connectivity index is 0.878. The standard InChI is InChI=1S/C32H30O4/c1-3-9-25-23(7-1)21-29-27(25)11-5-13-31(29)35-19-17-33-15-16-34-18-20-36-32-14-6-12-28-26-10-4-2-8-24(26)22-30(28)32/h1-14H,15-22H2. The number of fused-ring (bicyclic) bond motifs is 6. The van der Waals surface area contributed by atoms with Crippen LogP contribution in [0.2, 0.25) is 0 Å². The van der Waals surface area contributed by atoms with Gasteiger partial charge in [-0.15, -0.1) is 0 Å². The third-order valence-electron chi connectivity index (χ3n) is 6.96. The first kappa shape index (κ1) is 22.8. The van der Waals surface area contributed by atoms with Crippen LogP contribution in [-0.4, -0.2) is 39.6 Å². The first-order valence-electron chi connectivity index (χ1n) is 12.7. The maximum Gasteiger partial charge on any atom is 0.123 e. The zero-order chi connectivity index (χ0) is 24.2. The maximum absolute atomic E-state index is 6.05. The van der Waals surface area contributed by atoms with Crippen molar-refractivity contribution in [2.24, 2.45) is 0 Å². The molecule has 0 amide bonds. The van der Waals surface area contributed by atoms with Gasteiger partial charge in [0.05, 0.1) is 26.4 Å². The van der Waals surface area contributed by atoms with Gasteiger partial charge in [-0.25, -0.2) is 0 Å². The minimum Gasteiger partial charge on any atom is -0.491 e. The molecule has 0 aliphatic heterocycles. The van der Waals surface area contributed by atoms with E-state index in [9.17, 15) is 0 Å². The molecule has 0 radical (unpaired) electrons. The molecule has 6 rings (SSSR count). The number of hydrogen-bond acceptors (Lipinski definition) is 4. The Bertz CT molecular complexity index is 1260. The van der Waals surface area contributed by atoms with Crippen molar-refractivity contribution < 1.29 is 18.9 Å². The summed E-state index contributed by atoms with van der Waals surface area (Å²) in [5, 5.41) is 0. The molecule has 0 aromatic heterocycles. The Morgan fingerprint density at radius 2 is 0.833 bits per heavy atom. The van der Waals surface area contributed by atoms with Gasteiger partial charge in [-0.2, -0.15) is 0 Å². The highest BCUT2D eigenvalue weighted by Crippen LogP contribution is 2.42. The highest BCUT2D eigenvalue weighted by molar-refractivity contribution is 5.79. The maximum atomic E-state index is 6.05. The zero-order valence-corrected chi connectivity index (χ0v) is 20.4. The molecule has 0 atom stereocenters. The van der Waals surface area contributed by atoms with Crippen LogP contribution in [0.15, 0.2) is 84.9 Å². The quantitative estimate of drug-likeness (QED) is 0.204. The lowest BCUT2D eigenvalue weighted by Gasteiger charge is -2.12. The molecule has 2 aliphatic rings. The van der Waals surface area contributed by atoms with Crippen molar-refractivity contribution >= 4 is 0 Å². The zero-order valence-electron chi connectivity index (χ0n) is 20.4. The SMILES string of the molecule is c1ccc2c(c1)Cc1c(OCCOCCOCCOc3cccc4c3Cc3ccccc3-4)cccc1-2. The van der Waals surface area contributed by atoms with Crippen molar-refractivity contribution in [3.05, 3.63) is 107 Å². The highest BCUT2D eigenvalue weighted by atomic mass is 16.6. The topological polar surface area (TPSA) is 36.9 Å². The largest absolute Gasteiger partial charge is 0.491 e. The number of ether oxygens (including phenoxy) is 4. The molecule has 0 N–H and O–H groups in total. The third-order valence-corrected chi connectivity index (χ3v) is 6.96. The molecule has 0 bridgehead atoms. The van der Waals surface area contributed by atoms with Gasteiger partial charge in [0.15, 0.2) is 0 Å². The van der Waals surface area contributed by atoms with E-state index >= 15 is 0 Å². The lowest BCUT2D eigenvalue weighted by atomic mass is 10.1. The van der Waals surface area contributed by atoms with Crippen LogP contribution < -0.4 is 9.47 Å². The lowest BCUT2D eigenvalue weighted by molar-refractivity contribution is 0.0272. The fourth-order valence-electron chi connectivity index (χ4n) is 5.27. The summed E-state index contributed by atoms with van der Waals surface area (Å²) >= 11 is 0. The molecular weight excluding hydrogens is 448 g/mol. The van der Waals surface area contributed by atoms with E-state index in [1.165, 1.54) is 44.5 Å². The Kier molecular flexibility index (Phi) is 6.70. The number of rotatable bonds is 11. The van der Waals surface area contributed by atoms with E-state index in [1.807, 2.05) is 0 Å². The second-order valence-corrected chi connectivity index (χ2v) is 9.15. The number of benzene rings is 4. The Morgan fingerprint density at radius 1 is 0.417 bits per heavy atom. The van der Waals surface area contributed by atoms with Gasteiger partial charge in [-0.3, -0.25) is 0 Å². The van der Waals surface area contributed by atoms with E-state index in [-0.39, 0.29) is 0 Å². The molecule has 4 aromatic carbocycles. The van der Waals surface area contributed by atoms with E-state index in [0.717, 1.165) is 24.3 Å². The van der Waals surface area contributed by atoms with Gasteiger partial charge < -0.3 is 18.9 Å². The highest BCUT2D eigenvalue weighted by Gasteiger charge is 2.22. The third kappa shape index (κ3) is 4.62. The van der Waals surface area contributed by atoms with Crippen LogP contribution in [0.4, 0.5) is 0 Å².